The predicted molar refractivity (Wildman–Crippen MR) is 88.9 cm³/mol. The van der Waals surface area contributed by atoms with Crippen LogP contribution < -0.4 is 9.47 Å². The summed E-state index contributed by atoms with van der Waals surface area (Å²) >= 11 is 0. The topological polar surface area (TPSA) is 36.3 Å². The van der Waals surface area contributed by atoms with E-state index in [4.69, 9.17) is 9.72 Å². The number of hydrogen-bond donors (Lipinski definition) is 0. The van der Waals surface area contributed by atoms with Crippen molar-refractivity contribution >= 4 is 11.0 Å². The quantitative estimate of drug-likeness (QED) is 0.683. The molecule has 0 saturated carbocycles. The second kappa shape index (κ2) is 5.98. The van der Waals surface area contributed by atoms with E-state index in [9.17, 15) is 13.2 Å². The molecule has 2 aromatic heterocycles. The number of halogens is 3. The van der Waals surface area contributed by atoms with Gasteiger partial charge in [-0.2, -0.15) is 0 Å². The normalized spacial score (nSPS) is 11.8. The number of alkyl halides is 3. The molecule has 0 saturated heterocycles. The lowest BCUT2D eigenvalue weighted by atomic mass is 10.0. The molecule has 25 heavy (non-hydrogen) atoms. The van der Waals surface area contributed by atoms with E-state index in [1.54, 1.807) is 0 Å². The molecule has 0 aliphatic heterocycles. The maximum absolute atomic E-state index is 12.4. The maximum atomic E-state index is 12.4. The summed E-state index contributed by atoms with van der Waals surface area (Å²) in [6, 6.07) is 6.00. The molecule has 7 heteroatoms. The molecule has 0 radical (unpaired) electrons. The van der Waals surface area contributed by atoms with Crippen LogP contribution in [0.5, 0.6) is 11.5 Å². The Labute approximate surface area is 142 Å². The largest absolute Gasteiger partial charge is 0.573 e. The molecule has 4 nitrogen and oxygen atoms in total. The van der Waals surface area contributed by atoms with Gasteiger partial charge in [0, 0.05) is 24.9 Å². The zero-order valence-electron chi connectivity index (χ0n) is 14.2. The van der Waals surface area contributed by atoms with Gasteiger partial charge in [-0.1, -0.05) is 0 Å². The Hall–Kier alpha value is -2.70. The first-order chi connectivity index (χ1) is 11.7. The lowest BCUT2D eigenvalue weighted by Crippen LogP contribution is -2.17. The van der Waals surface area contributed by atoms with Crippen LogP contribution in [0.1, 0.15) is 11.1 Å². The molecule has 0 unspecified atom stereocenters. The Bertz CT molecular complexity index is 946. The minimum absolute atomic E-state index is 0.269. The fourth-order valence-corrected chi connectivity index (χ4v) is 2.92. The van der Waals surface area contributed by atoms with Crippen LogP contribution in [0.4, 0.5) is 13.2 Å². The van der Waals surface area contributed by atoms with Crippen LogP contribution in [0.2, 0.25) is 0 Å². The first-order valence-electron chi connectivity index (χ1n) is 7.57. The number of benzene rings is 1. The van der Waals surface area contributed by atoms with E-state index in [0.717, 1.165) is 22.2 Å². The number of aromatic nitrogens is 2. The molecule has 132 valence electrons. The lowest BCUT2D eigenvalue weighted by Gasteiger charge is -2.14. The third kappa shape index (κ3) is 3.26. The zero-order chi connectivity index (χ0) is 18.4. The smallest absolute Gasteiger partial charge is 0.496 e. The third-order valence-electron chi connectivity index (χ3n) is 4.00. The molecule has 2 heterocycles. The van der Waals surface area contributed by atoms with Crippen molar-refractivity contribution in [1.29, 1.82) is 0 Å². The number of hydrogen-bond acceptors (Lipinski definition) is 3. The van der Waals surface area contributed by atoms with Crippen LogP contribution in [0, 0.1) is 13.8 Å². The average Bonchev–Trinajstić information content (AvgIpc) is 2.79. The Kier molecular flexibility index (Phi) is 4.10. The van der Waals surface area contributed by atoms with E-state index in [2.05, 4.69) is 4.74 Å². The maximum Gasteiger partial charge on any atom is 0.573 e. The number of aryl methyl sites for hydroxylation is 3. The van der Waals surface area contributed by atoms with E-state index in [1.807, 2.05) is 37.7 Å². The summed E-state index contributed by atoms with van der Waals surface area (Å²) < 4.78 is 48.4. The molecule has 0 spiro atoms. The zero-order valence-corrected chi connectivity index (χ0v) is 14.2. The molecule has 0 aliphatic carbocycles. The Morgan fingerprint density at radius 2 is 1.80 bits per heavy atom. The number of pyridine rings is 1. The van der Waals surface area contributed by atoms with Crippen LogP contribution in [0.15, 0.2) is 30.5 Å². The first kappa shape index (κ1) is 17.1. The summed E-state index contributed by atoms with van der Waals surface area (Å²) in [7, 11) is 3.35. The van der Waals surface area contributed by atoms with Gasteiger partial charge in [-0.25, -0.2) is 4.98 Å². The fourth-order valence-electron chi connectivity index (χ4n) is 2.92. The molecular weight excluding hydrogens is 333 g/mol. The number of methoxy groups -OCH3 is 1. The first-order valence-corrected chi connectivity index (χ1v) is 7.57. The Morgan fingerprint density at radius 3 is 2.44 bits per heavy atom. The monoisotopic (exact) mass is 350 g/mol. The molecule has 0 bridgehead atoms. The van der Waals surface area contributed by atoms with Crippen LogP contribution in [0.3, 0.4) is 0 Å². The van der Waals surface area contributed by atoms with E-state index in [-0.39, 0.29) is 11.5 Å². The van der Waals surface area contributed by atoms with Gasteiger partial charge in [0.05, 0.1) is 23.8 Å². The summed E-state index contributed by atoms with van der Waals surface area (Å²) in [5, 5.41) is 0. The molecule has 0 N–H and O–H groups in total. The van der Waals surface area contributed by atoms with Gasteiger partial charge < -0.3 is 14.0 Å². The Morgan fingerprint density at radius 1 is 1.08 bits per heavy atom. The molecule has 0 amide bonds. The highest BCUT2D eigenvalue weighted by molar-refractivity contribution is 5.85. The SMILES string of the molecule is COc1cc(OC(F)(F)F)ccc1-c1nc2c(C)cn(C)c2cc1C. The van der Waals surface area contributed by atoms with Crippen molar-refractivity contribution in [2.45, 2.75) is 20.2 Å². The lowest BCUT2D eigenvalue weighted by molar-refractivity contribution is -0.274. The van der Waals surface area contributed by atoms with Gasteiger partial charge >= 0.3 is 6.36 Å². The number of nitrogens with zero attached hydrogens (tertiary/aromatic N) is 2. The highest BCUT2D eigenvalue weighted by Gasteiger charge is 2.31. The van der Waals surface area contributed by atoms with Gasteiger partial charge in [-0.15, -0.1) is 13.2 Å². The second-order valence-electron chi connectivity index (χ2n) is 5.85. The van der Waals surface area contributed by atoms with Gasteiger partial charge in [0.15, 0.2) is 0 Å². The van der Waals surface area contributed by atoms with Gasteiger partial charge in [0.1, 0.15) is 11.5 Å². The number of rotatable bonds is 3. The van der Waals surface area contributed by atoms with E-state index < -0.39 is 6.36 Å². The van der Waals surface area contributed by atoms with Gasteiger partial charge in [0.2, 0.25) is 0 Å². The van der Waals surface area contributed by atoms with E-state index in [1.165, 1.54) is 25.3 Å². The van der Waals surface area contributed by atoms with E-state index in [0.29, 0.717) is 11.3 Å². The number of fused-ring (bicyclic) bond motifs is 1. The average molecular weight is 350 g/mol. The van der Waals surface area contributed by atoms with E-state index >= 15 is 0 Å². The second-order valence-corrected chi connectivity index (χ2v) is 5.85. The predicted octanol–water partition coefficient (Wildman–Crippen LogP) is 4.76. The van der Waals surface area contributed by atoms with Crippen molar-refractivity contribution in [2.75, 3.05) is 7.11 Å². The summed E-state index contributed by atoms with van der Waals surface area (Å²) in [5.74, 6) is -0.0620. The third-order valence-corrected chi connectivity index (χ3v) is 4.00. The van der Waals surface area contributed by atoms with Gasteiger partial charge in [-0.3, -0.25) is 0 Å². The van der Waals surface area contributed by atoms with Crippen molar-refractivity contribution in [3.8, 4) is 22.8 Å². The van der Waals surface area contributed by atoms with Crippen molar-refractivity contribution in [3.05, 3.63) is 41.6 Å². The van der Waals surface area contributed by atoms with Crippen molar-refractivity contribution < 1.29 is 22.6 Å². The molecule has 0 aliphatic rings. The van der Waals surface area contributed by atoms with Crippen molar-refractivity contribution in [1.82, 2.24) is 9.55 Å². The highest BCUT2D eigenvalue weighted by Crippen LogP contribution is 2.37. The van der Waals surface area contributed by atoms with Crippen LogP contribution in [0.25, 0.3) is 22.3 Å². The molecular formula is C18H17F3N2O2. The molecule has 3 rings (SSSR count). The van der Waals surface area contributed by atoms with Crippen molar-refractivity contribution in [3.63, 3.8) is 0 Å². The minimum Gasteiger partial charge on any atom is -0.496 e. The minimum atomic E-state index is -4.75. The fraction of sp³-hybridized carbons (Fsp3) is 0.278. The van der Waals surface area contributed by atoms with Crippen LogP contribution in [-0.2, 0) is 7.05 Å². The van der Waals surface area contributed by atoms with Crippen LogP contribution in [-0.4, -0.2) is 23.0 Å². The number of ether oxygens (including phenoxy) is 2. The van der Waals surface area contributed by atoms with Crippen LogP contribution >= 0.6 is 0 Å². The summed E-state index contributed by atoms with van der Waals surface area (Å²) in [6.07, 6.45) is -2.76. The highest BCUT2D eigenvalue weighted by atomic mass is 19.4. The molecule has 0 atom stereocenters. The summed E-state index contributed by atoms with van der Waals surface area (Å²) in [5.41, 5.74) is 5.04. The molecule has 0 fully saturated rings. The standard InChI is InChI=1S/C18H17F3N2O2/c1-10-7-14-17(11(2)9-23(14)3)22-16(10)13-6-5-12(8-15(13)24-4)25-18(19,20)21/h5-9H,1-4H3. The molecule has 1 aromatic carbocycles. The van der Waals surface area contributed by atoms with Gasteiger partial charge in [-0.05, 0) is 43.2 Å². The van der Waals surface area contributed by atoms with Crippen molar-refractivity contribution in [2.24, 2.45) is 7.05 Å². The summed E-state index contributed by atoms with van der Waals surface area (Å²) in [4.78, 5) is 4.71. The van der Waals surface area contributed by atoms with Gasteiger partial charge in [0.25, 0.3) is 0 Å². The Balaban J connectivity index is 2.14. The molecule has 3 aromatic rings. The summed E-state index contributed by atoms with van der Waals surface area (Å²) in [6.45, 7) is 3.87.